The number of hydrogen-bond donors (Lipinski definition) is 2. The molecule has 0 radical (unpaired) electrons. The first-order valence-electron chi connectivity index (χ1n) is 4.26. The molecule has 1 heterocycles. The van der Waals surface area contributed by atoms with E-state index in [2.05, 4.69) is 10.0 Å². The Hall–Kier alpha value is -0.130. The van der Waals surface area contributed by atoms with Gasteiger partial charge >= 0.3 is 0 Å². The minimum absolute atomic E-state index is 0.0787. The minimum atomic E-state index is -3.03. The number of sulfonamides is 1. The Kier molecular flexibility index (Phi) is 3.09. The third-order valence-electron chi connectivity index (χ3n) is 2.23. The predicted molar refractivity (Wildman–Crippen MR) is 48.4 cm³/mol. The van der Waals surface area contributed by atoms with Crippen molar-refractivity contribution in [2.75, 3.05) is 18.8 Å². The maximum Gasteiger partial charge on any atom is 0.211 e. The molecule has 0 spiro atoms. The van der Waals surface area contributed by atoms with Gasteiger partial charge in [-0.2, -0.15) is 0 Å². The monoisotopic (exact) mass is 192 g/mol. The van der Waals surface area contributed by atoms with Crippen LogP contribution in [0.3, 0.4) is 0 Å². The predicted octanol–water partition coefficient (Wildman–Crippen LogP) is -0.466. The first-order chi connectivity index (χ1) is 5.55. The molecule has 72 valence electrons. The molecule has 0 amide bonds. The molecule has 0 aromatic carbocycles. The summed E-state index contributed by atoms with van der Waals surface area (Å²) in [6, 6.07) is 0.0787. The smallest absolute Gasteiger partial charge is 0.211 e. The summed E-state index contributed by atoms with van der Waals surface area (Å²) < 4.78 is 25.0. The van der Waals surface area contributed by atoms with E-state index < -0.39 is 10.0 Å². The van der Waals surface area contributed by atoms with Gasteiger partial charge in [-0.05, 0) is 19.4 Å². The Bertz CT molecular complexity index is 238. The fraction of sp³-hybridized carbons (Fsp3) is 1.00. The first-order valence-corrected chi connectivity index (χ1v) is 5.91. The summed E-state index contributed by atoms with van der Waals surface area (Å²) in [4.78, 5) is 0. The number of rotatable bonds is 3. The summed E-state index contributed by atoms with van der Waals surface area (Å²) in [6.45, 7) is 5.34. The highest BCUT2D eigenvalue weighted by Crippen LogP contribution is 2.08. The normalized spacial score (nSPS) is 30.8. The van der Waals surface area contributed by atoms with Gasteiger partial charge in [0.25, 0.3) is 0 Å². The van der Waals surface area contributed by atoms with Gasteiger partial charge in [-0.15, -0.1) is 0 Å². The Balaban J connectivity index is 2.51. The Morgan fingerprint density at radius 3 is 2.58 bits per heavy atom. The van der Waals surface area contributed by atoms with Crippen LogP contribution in [0.15, 0.2) is 0 Å². The first kappa shape index (κ1) is 9.95. The topological polar surface area (TPSA) is 58.2 Å². The second-order valence-electron chi connectivity index (χ2n) is 3.26. The van der Waals surface area contributed by atoms with Crippen LogP contribution in [0, 0.1) is 5.92 Å². The molecule has 0 aromatic rings. The summed E-state index contributed by atoms with van der Waals surface area (Å²) >= 11 is 0. The summed E-state index contributed by atoms with van der Waals surface area (Å²) in [7, 11) is -3.03. The van der Waals surface area contributed by atoms with Gasteiger partial charge in [0.1, 0.15) is 0 Å². The largest absolute Gasteiger partial charge is 0.315 e. The van der Waals surface area contributed by atoms with Crippen molar-refractivity contribution in [1.29, 1.82) is 0 Å². The van der Waals surface area contributed by atoms with Crippen molar-refractivity contribution < 1.29 is 8.42 Å². The number of nitrogens with one attached hydrogen (secondary N) is 2. The molecule has 0 aliphatic carbocycles. The molecule has 2 N–H and O–H groups in total. The molecule has 1 aliphatic heterocycles. The van der Waals surface area contributed by atoms with Crippen molar-refractivity contribution in [3.8, 4) is 0 Å². The molecule has 4 nitrogen and oxygen atoms in total. The molecule has 1 fully saturated rings. The molecule has 0 saturated carbocycles. The Labute approximate surface area is 73.8 Å². The van der Waals surface area contributed by atoms with E-state index in [1.54, 1.807) is 6.92 Å². The zero-order valence-electron chi connectivity index (χ0n) is 7.50. The van der Waals surface area contributed by atoms with Crippen LogP contribution in [0.4, 0.5) is 0 Å². The maximum absolute atomic E-state index is 11.2. The summed E-state index contributed by atoms with van der Waals surface area (Å²) in [6.07, 6.45) is 0. The fourth-order valence-corrected chi connectivity index (χ4v) is 2.23. The second kappa shape index (κ2) is 3.72. The zero-order valence-corrected chi connectivity index (χ0v) is 8.32. The quantitative estimate of drug-likeness (QED) is 0.636. The van der Waals surface area contributed by atoms with E-state index in [1.165, 1.54) is 0 Å². The molecule has 1 rings (SSSR count). The van der Waals surface area contributed by atoms with Crippen LogP contribution >= 0.6 is 0 Å². The molecule has 2 unspecified atom stereocenters. The van der Waals surface area contributed by atoms with Gasteiger partial charge in [-0.1, -0.05) is 6.92 Å². The van der Waals surface area contributed by atoms with Crippen LogP contribution in [-0.4, -0.2) is 33.3 Å². The lowest BCUT2D eigenvalue weighted by atomic mass is 10.1. The van der Waals surface area contributed by atoms with E-state index in [1.807, 2.05) is 6.92 Å². The molecular weight excluding hydrogens is 176 g/mol. The van der Waals surface area contributed by atoms with E-state index >= 15 is 0 Å². The highest BCUT2D eigenvalue weighted by atomic mass is 32.2. The van der Waals surface area contributed by atoms with Gasteiger partial charge in [0, 0.05) is 12.6 Å². The molecule has 2 atom stereocenters. The van der Waals surface area contributed by atoms with Gasteiger partial charge in [-0.3, -0.25) is 0 Å². The van der Waals surface area contributed by atoms with Crippen LogP contribution in [0.2, 0.25) is 0 Å². The van der Waals surface area contributed by atoms with E-state index in [0.717, 1.165) is 13.1 Å². The van der Waals surface area contributed by atoms with Gasteiger partial charge < -0.3 is 5.32 Å². The summed E-state index contributed by atoms with van der Waals surface area (Å²) in [5.41, 5.74) is 0. The lowest BCUT2D eigenvalue weighted by Gasteiger charge is -2.15. The molecule has 12 heavy (non-hydrogen) atoms. The van der Waals surface area contributed by atoms with Crippen molar-refractivity contribution in [2.45, 2.75) is 19.9 Å². The van der Waals surface area contributed by atoms with Crippen molar-refractivity contribution in [3.63, 3.8) is 0 Å². The maximum atomic E-state index is 11.2. The molecular formula is C7H16N2O2S. The third kappa shape index (κ3) is 2.43. The van der Waals surface area contributed by atoms with E-state index in [-0.39, 0.29) is 11.8 Å². The van der Waals surface area contributed by atoms with Gasteiger partial charge in [0.2, 0.25) is 10.0 Å². The van der Waals surface area contributed by atoms with Crippen LogP contribution < -0.4 is 10.0 Å². The molecule has 1 aliphatic rings. The summed E-state index contributed by atoms with van der Waals surface area (Å²) in [5.74, 6) is 0.558. The Morgan fingerprint density at radius 1 is 1.50 bits per heavy atom. The lowest BCUT2D eigenvalue weighted by molar-refractivity contribution is 0.503. The fourth-order valence-electron chi connectivity index (χ4n) is 1.28. The van der Waals surface area contributed by atoms with Gasteiger partial charge in [-0.25, -0.2) is 13.1 Å². The van der Waals surface area contributed by atoms with Crippen LogP contribution in [0.5, 0.6) is 0 Å². The van der Waals surface area contributed by atoms with E-state index in [0.29, 0.717) is 5.92 Å². The van der Waals surface area contributed by atoms with Crippen LogP contribution in [-0.2, 0) is 10.0 Å². The molecule has 0 bridgehead atoms. The van der Waals surface area contributed by atoms with Gasteiger partial charge in [0.15, 0.2) is 0 Å². The standard InChI is InChI=1S/C7H16N2O2S/c1-3-12(10,11)9-7-5-8-4-6(7)2/h6-9H,3-5H2,1-2H3. The highest BCUT2D eigenvalue weighted by Gasteiger charge is 2.26. The lowest BCUT2D eigenvalue weighted by Crippen LogP contribution is -2.40. The zero-order chi connectivity index (χ0) is 9.19. The highest BCUT2D eigenvalue weighted by molar-refractivity contribution is 7.89. The minimum Gasteiger partial charge on any atom is -0.315 e. The molecule has 0 aromatic heterocycles. The third-order valence-corrected chi connectivity index (χ3v) is 3.65. The average Bonchev–Trinajstić information content (AvgIpc) is 2.36. The second-order valence-corrected chi connectivity index (χ2v) is 5.31. The van der Waals surface area contributed by atoms with Crippen LogP contribution in [0.25, 0.3) is 0 Å². The van der Waals surface area contributed by atoms with Crippen molar-refractivity contribution in [3.05, 3.63) is 0 Å². The average molecular weight is 192 g/mol. The SMILES string of the molecule is CCS(=O)(=O)NC1CNCC1C. The molecule has 5 heteroatoms. The van der Waals surface area contributed by atoms with Crippen molar-refractivity contribution >= 4 is 10.0 Å². The van der Waals surface area contributed by atoms with E-state index in [9.17, 15) is 8.42 Å². The Morgan fingerprint density at radius 2 is 2.17 bits per heavy atom. The summed E-state index contributed by atoms with van der Waals surface area (Å²) in [5, 5.41) is 3.14. The van der Waals surface area contributed by atoms with Gasteiger partial charge in [0.05, 0.1) is 5.75 Å². The molecule has 1 saturated heterocycles. The van der Waals surface area contributed by atoms with Crippen molar-refractivity contribution in [1.82, 2.24) is 10.0 Å². The van der Waals surface area contributed by atoms with E-state index in [4.69, 9.17) is 0 Å². The van der Waals surface area contributed by atoms with Crippen LogP contribution in [0.1, 0.15) is 13.8 Å². The van der Waals surface area contributed by atoms with Crippen molar-refractivity contribution in [2.24, 2.45) is 5.92 Å². The number of hydrogen-bond acceptors (Lipinski definition) is 3.